The normalized spacial score (nSPS) is 26.4. The SMILES string of the molecule is CCCC1CCC(C2CCC(OCOc3ccc(OC)c(C(F)(F)F)c3C(F)(F)F)CC2)CC1. The molecule has 0 spiro atoms. The molecule has 2 aliphatic rings. The van der Waals surface area contributed by atoms with Gasteiger partial charge in [0.25, 0.3) is 0 Å². The highest BCUT2D eigenvalue weighted by atomic mass is 19.4. The molecule has 0 radical (unpaired) electrons. The van der Waals surface area contributed by atoms with E-state index in [1.165, 1.54) is 38.5 Å². The van der Waals surface area contributed by atoms with Gasteiger partial charge in [-0.3, -0.25) is 0 Å². The number of rotatable bonds is 8. The fraction of sp³-hybridized carbons (Fsp3) is 0.760. The Balaban J connectivity index is 1.54. The van der Waals surface area contributed by atoms with Gasteiger partial charge >= 0.3 is 12.4 Å². The Bertz CT molecular complexity index is 776. The van der Waals surface area contributed by atoms with Gasteiger partial charge < -0.3 is 14.2 Å². The maximum Gasteiger partial charge on any atom is 0.420 e. The number of benzene rings is 1. The van der Waals surface area contributed by atoms with Gasteiger partial charge in [-0.2, -0.15) is 26.3 Å². The van der Waals surface area contributed by atoms with E-state index in [4.69, 9.17) is 9.47 Å². The molecule has 0 atom stereocenters. The Hall–Kier alpha value is -1.64. The monoisotopic (exact) mass is 496 g/mol. The van der Waals surface area contributed by atoms with Gasteiger partial charge in [-0.15, -0.1) is 0 Å². The molecule has 1 aromatic carbocycles. The molecule has 0 saturated heterocycles. The summed E-state index contributed by atoms with van der Waals surface area (Å²) in [4.78, 5) is 0. The van der Waals surface area contributed by atoms with Crippen molar-refractivity contribution in [2.75, 3.05) is 13.9 Å². The van der Waals surface area contributed by atoms with Crippen molar-refractivity contribution in [3.05, 3.63) is 23.3 Å². The van der Waals surface area contributed by atoms with Crippen molar-refractivity contribution >= 4 is 0 Å². The molecule has 0 aromatic heterocycles. The average molecular weight is 497 g/mol. The van der Waals surface area contributed by atoms with E-state index in [2.05, 4.69) is 11.7 Å². The van der Waals surface area contributed by atoms with Crippen LogP contribution >= 0.6 is 0 Å². The topological polar surface area (TPSA) is 27.7 Å². The lowest BCUT2D eigenvalue weighted by atomic mass is 9.70. The molecule has 0 heterocycles. The van der Waals surface area contributed by atoms with Gasteiger partial charge in [0.1, 0.15) is 22.6 Å². The second kappa shape index (κ2) is 11.4. The zero-order valence-corrected chi connectivity index (χ0v) is 19.7. The summed E-state index contributed by atoms with van der Waals surface area (Å²) in [6.07, 6.45) is 0.544. The van der Waals surface area contributed by atoms with Crippen molar-refractivity contribution in [3.63, 3.8) is 0 Å². The van der Waals surface area contributed by atoms with Gasteiger partial charge in [0.2, 0.25) is 0 Å². The maximum absolute atomic E-state index is 13.5. The average Bonchev–Trinajstić information content (AvgIpc) is 2.78. The fourth-order valence-corrected chi connectivity index (χ4v) is 5.69. The summed E-state index contributed by atoms with van der Waals surface area (Å²) in [5.74, 6) is 0.416. The van der Waals surface area contributed by atoms with Crippen LogP contribution in [0.25, 0.3) is 0 Å². The second-order valence-corrected chi connectivity index (χ2v) is 9.55. The van der Waals surface area contributed by atoms with Crippen LogP contribution in [0.1, 0.15) is 82.3 Å². The summed E-state index contributed by atoms with van der Waals surface area (Å²) in [5, 5.41) is 0. The maximum atomic E-state index is 13.5. The Morgan fingerprint density at radius 1 is 0.765 bits per heavy atom. The van der Waals surface area contributed by atoms with E-state index < -0.39 is 41.8 Å². The highest BCUT2D eigenvalue weighted by Gasteiger charge is 2.48. The minimum atomic E-state index is -5.27. The Morgan fingerprint density at radius 3 is 1.76 bits per heavy atom. The Labute approximate surface area is 197 Å². The molecule has 0 aliphatic heterocycles. The van der Waals surface area contributed by atoms with Gasteiger partial charge in [0, 0.05) is 0 Å². The molecule has 1 aromatic rings. The van der Waals surface area contributed by atoms with E-state index in [0.717, 1.165) is 56.8 Å². The largest absolute Gasteiger partial charge is 0.496 e. The first-order valence-corrected chi connectivity index (χ1v) is 12.1. The lowest BCUT2D eigenvalue weighted by Gasteiger charge is -2.37. The quantitative estimate of drug-likeness (QED) is 0.268. The smallest absolute Gasteiger partial charge is 0.420 e. The third kappa shape index (κ3) is 6.73. The second-order valence-electron chi connectivity index (χ2n) is 9.55. The van der Waals surface area contributed by atoms with Crippen LogP contribution in [-0.4, -0.2) is 20.0 Å². The number of ether oxygens (including phenoxy) is 3. The summed E-state index contributed by atoms with van der Waals surface area (Å²) >= 11 is 0. The first-order chi connectivity index (χ1) is 16.0. The van der Waals surface area contributed by atoms with Crippen molar-refractivity contribution < 1.29 is 40.6 Å². The van der Waals surface area contributed by atoms with E-state index in [1.54, 1.807) is 0 Å². The van der Waals surface area contributed by atoms with E-state index >= 15 is 0 Å². The van der Waals surface area contributed by atoms with Gasteiger partial charge in [-0.1, -0.05) is 32.6 Å². The van der Waals surface area contributed by atoms with Gasteiger partial charge in [0.15, 0.2) is 6.79 Å². The molecule has 3 rings (SSSR count). The summed E-state index contributed by atoms with van der Waals surface area (Å²) in [5.41, 5.74) is -3.79. The van der Waals surface area contributed by atoms with Gasteiger partial charge in [-0.05, 0) is 68.4 Å². The molecule has 3 nitrogen and oxygen atoms in total. The molecule has 0 unspecified atom stereocenters. The lowest BCUT2D eigenvalue weighted by Crippen LogP contribution is -2.29. The van der Waals surface area contributed by atoms with Crippen LogP contribution in [-0.2, 0) is 17.1 Å². The van der Waals surface area contributed by atoms with E-state index in [9.17, 15) is 26.3 Å². The van der Waals surface area contributed by atoms with Crippen molar-refractivity contribution in [2.24, 2.45) is 17.8 Å². The number of alkyl halides is 6. The summed E-state index contributed by atoms with van der Waals surface area (Å²) < 4.78 is 96.1. The molecular weight excluding hydrogens is 462 g/mol. The van der Waals surface area contributed by atoms with Crippen LogP contribution in [0.2, 0.25) is 0 Å². The molecule has 2 aliphatic carbocycles. The zero-order valence-electron chi connectivity index (χ0n) is 19.7. The van der Waals surface area contributed by atoms with Crippen molar-refractivity contribution in [1.29, 1.82) is 0 Å². The third-order valence-corrected chi connectivity index (χ3v) is 7.41. The Kier molecular flexibility index (Phi) is 9.04. The van der Waals surface area contributed by atoms with Crippen LogP contribution in [0.15, 0.2) is 12.1 Å². The first-order valence-electron chi connectivity index (χ1n) is 12.1. The number of halogens is 6. The van der Waals surface area contributed by atoms with Crippen LogP contribution in [0, 0.1) is 17.8 Å². The van der Waals surface area contributed by atoms with Gasteiger partial charge in [-0.25, -0.2) is 0 Å². The van der Waals surface area contributed by atoms with Crippen molar-refractivity contribution in [2.45, 2.75) is 89.6 Å². The summed E-state index contributed by atoms with van der Waals surface area (Å²) in [7, 11) is 0.890. The number of hydrogen-bond donors (Lipinski definition) is 0. The number of hydrogen-bond acceptors (Lipinski definition) is 3. The van der Waals surface area contributed by atoms with Crippen LogP contribution in [0.4, 0.5) is 26.3 Å². The molecule has 0 amide bonds. The number of methoxy groups -OCH3 is 1. The minimum Gasteiger partial charge on any atom is -0.496 e. The summed E-state index contributed by atoms with van der Waals surface area (Å²) in [6, 6.07) is 1.67. The fourth-order valence-electron chi connectivity index (χ4n) is 5.69. The molecule has 34 heavy (non-hydrogen) atoms. The van der Waals surface area contributed by atoms with Crippen LogP contribution in [0.3, 0.4) is 0 Å². The summed E-state index contributed by atoms with van der Waals surface area (Å²) in [6.45, 7) is 1.69. The predicted molar refractivity (Wildman–Crippen MR) is 116 cm³/mol. The molecule has 2 saturated carbocycles. The zero-order chi connectivity index (χ0) is 24.9. The minimum absolute atomic E-state index is 0.164. The molecular formula is C25H34F6O3. The van der Waals surface area contributed by atoms with E-state index in [0.29, 0.717) is 5.92 Å². The molecule has 2 fully saturated rings. The highest BCUT2D eigenvalue weighted by Crippen LogP contribution is 2.49. The van der Waals surface area contributed by atoms with Gasteiger partial charge in [0.05, 0.1) is 13.2 Å². The predicted octanol–water partition coefficient (Wildman–Crippen LogP) is 8.25. The molecule has 194 valence electrons. The van der Waals surface area contributed by atoms with Crippen LogP contribution < -0.4 is 9.47 Å². The van der Waals surface area contributed by atoms with E-state index in [-0.39, 0.29) is 6.10 Å². The molecule has 0 N–H and O–H groups in total. The van der Waals surface area contributed by atoms with Crippen LogP contribution in [0.5, 0.6) is 11.5 Å². The van der Waals surface area contributed by atoms with Crippen molar-refractivity contribution in [1.82, 2.24) is 0 Å². The Morgan fingerprint density at radius 2 is 1.26 bits per heavy atom. The van der Waals surface area contributed by atoms with Crippen molar-refractivity contribution in [3.8, 4) is 11.5 Å². The molecule has 9 heteroatoms. The highest BCUT2D eigenvalue weighted by molar-refractivity contribution is 5.51. The lowest BCUT2D eigenvalue weighted by molar-refractivity contribution is -0.164. The van der Waals surface area contributed by atoms with E-state index in [1.807, 2.05) is 0 Å². The standard InChI is InChI=1S/C25H34F6O3/c1-3-4-16-5-7-17(8-6-16)18-9-11-19(12-10-18)33-15-34-21-14-13-20(32-2)22(24(26,27)28)23(21)25(29,30)31/h13-14,16-19H,3-12,15H2,1-2H3. The first kappa shape index (κ1) is 27.0. The molecule has 0 bridgehead atoms. The third-order valence-electron chi connectivity index (χ3n) is 7.41.